The van der Waals surface area contributed by atoms with E-state index in [0.29, 0.717) is 30.6 Å². The van der Waals surface area contributed by atoms with Crippen LogP contribution in [0.3, 0.4) is 0 Å². The first kappa shape index (κ1) is 20.8. The van der Waals surface area contributed by atoms with Crippen molar-refractivity contribution in [1.82, 2.24) is 25.7 Å². The van der Waals surface area contributed by atoms with E-state index in [2.05, 4.69) is 20.0 Å². The zero-order chi connectivity index (χ0) is 20.6. The third kappa shape index (κ3) is 4.64. The summed E-state index contributed by atoms with van der Waals surface area (Å²) in [5.74, 6) is -0.459. The molecule has 0 aliphatic carbocycles. The Hall–Kier alpha value is -1.51. The van der Waals surface area contributed by atoms with Crippen molar-refractivity contribution in [3.8, 4) is 0 Å². The van der Waals surface area contributed by atoms with E-state index in [1.807, 2.05) is 0 Å². The number of hydrogen-bond acceptors (Lipinski definition) is 8. The molecule has 13 heteroatoms. The Morgan fingerprint density at radius 2 is 2.00 bits per heavy atom. The van der Waals surface area contributed by atoms with Gasteiger partial charge < -0.3 is 10.2 Å². The van der Waals surface area contributed by atoms with Gasteiger partial charge in [0.25, 0.3) is 5.91 Å². The summed E-state index contributed by atoms with van der Waals surface area (Å²) in [5.41, 5.74) is 2.42. The highest BCUT2D eigenvalue weighted by Gasteiger charge is 2.49. The highest BCUT2D eigenvalue weighted by atomic mass is 32.3. The van der Waals surface area contributed by atoms with Gasteiger partial charge in [-0.25, -0.2) is 10.3 Å². The minimum absolute atomic E-state index is 0.147. The van der Waals surface area contributed by atoms with Gasteiger partial charge in [0.15, 0.2) is 0 Å². The second-order valence-corrected chi connectivity index (χ2v) is 9.03. The average Bonchev–Trinajstić information content (AvgIpc) is 3.39. The lowest BCUT2D eigenvalue weighted by molar-refractivity contribution is -0.139. The minimum Gasteiger partial charge on any atom is -0.310 e. The van der Waals surface area contributed by atoms with Crippen molar-refractivity contribution in [2.45, 2.75) is 56.3 Å². The van der Waals surface area contributed by atoms with E-state index in [-0.39, 0.29) is 12.6 Å². The molecule has 4 heterocycles. The van der Waals surface area contributed by atoms with Crippen molar-refractivity contribution < 1.29 is 31.7 Å². The van der Waals surface area contributed by atoms with Crippen LogP contribution in [0.5, 0.6) is 0 Å². The molecule has 164 valence electrons. The van der Waals surface area contributed by atoms with Crippen LogP contribution in [-0.4, -0.2) is 96.7 Å². The van der Waals surface area contributed by atoms with Crippen LogP contribution in [0, 0.1) is 0 Å². The number of nitrogens with zero attached hydrogens (tertiary/aromatic N) is 3. The van der Waals surface area contributed by atoms with E-state index in [9.17, 15) is 18.0 Å². The summed E-state index contributed by atoms with van der Waals surface area (Å²) < 4.78 is 35.0. The van der Waals surface area contributed by atoms with Gasteiger partial charge in [0.2, 0.25) is 0 Å². The molecule has 3 amide bonds. The monoisotopic (exact) mass is 433 g/mol. The van der Waals surface area contributed by atoms with Crippen LogP contribution < -0.4 is 10.8 Å². The standard InChI is InChI=1S/C16H27N5O7S/c22-15(18-27-10-11-7-13(8-17-11)19-5-1-2-6-19)14-4-3-12-9-20(14)16(23)21(12)28-29(24,25)26/h11-14,17H,1-10H2,(H,18,22)(H,24,25,26)/t11-,12?,13-,14?/m1/s1. The summed E-state index contributed by atoms with van der Waals surface area (Å²) in [6.07, 6.45) is 4.18. The third-order valence-corrected chi connectivity index (χ3v) is 6.46. The number of amides is 3. The fourth-order valence-electron chi connectivity index (χ4n) is 4.70. The third-order valence-electron chi connectivity index (χ3n) is 6.11. The molecule has 0 saturated carbocycles. The Morgan fingerprint density at radius 1 is 1.24 bits per heavy atom. The Kier molecular flexibility index (Phi) is 5.95. The molecule has 4 saturated heterocycles. The van der Waals surface area contributed by atoms with Crippen LogP contribution in [0.2, 0.25) is 0 Å². The molecule has 0 aromatic heterocycles. The van der Waals surface area contributed by atoms with Crippen LogP contribution in [0.4, 0.5) is 4.79 Å². The number of urea groups is 1. The quantitative estimate of drug-likeness (QED) is 0.336. The smallest absolute Gasteiger partial charge is 0.310 e. The van der Waals surface area contributed by atoms with Gasteiger partial charge in [0.1, 0.15) is 6.04 Å². The highest BCUT2D eigenvalue weighted by Crippen LogP contribution is 2.30. The Morgan fingerprint density at radius 3 is 2.72 bits per heavy atom. The summed E-state index contributed by atoms with van der Waals surface area (Å²) in [6.45, 7) is 3.67. The normalized spacial score (nSPS) is 32.9. The largest absolute Gasteiger partial charge is 0.418 e. The van der Waals surface area contributed by atoms with Crippen molar-refractivity contribution in [3.05, 3.63) is 0 Å². The average molecular weight is 433 g/mol. The Labute approximate surface area is 169 Å². The van der Waals surface area contributed by atoms with Gasteiger partial charge in [-0.05, 0) is 45.2 Å². The second-order valence-electron chi connectivity index (χ2n) is 8.03. The summed E-state index contributed by atoms with van der Waals surface area (Å²) in [4.78, 5) is 33.9. The molecule has 0 aromatic rings. The maximum Gasteiger partial charge on any atom is 0.418 e. The number of carbonyl (C=O) groups is 2. The van der Waals surface area contributed by atoms with Gasteiger partial charge in [0.05, 0.1) is 12.6 Å². The van der Waals surface area contributed by atoms with E-state index in [1.165, 1.54) is 17.7 Å². The molecule has 29 heavy (non-hydrogen) atoms. The van der Waals surface area contributed by atoms with Gasteiger partial charge in [0, 0.05) is 25.2 Å². The topological polar surface area (TPSA) is 141 Å². The van der Waals surface area contributed by atoms with Crippen LogP contribution in [0.25, 0.3) is 0 Å². The fourth-order valence-corrected chi connectivity index (χ4v) is 5.08. The first-order valence-electron chi connectivity index (χ1n) is 9.98. The number of nitrogens with one attached hydrogen (secondary N) is 2. The first-order valence-corrected chi connectivity index (χ1v) is 11.3. The Balaban J connectivity index is 1.23. The maximum absolute atomic E-state index is 12.5. The number of hydroxylamine groups is 3. The lowest BCUT2D eigenvalue weighted by Crippen LogP contribution is -2.50. The van der Waals surface area contributed by atoms with E-state index in [4.69, 9.17) is 9.39 Å². The molecule has 2 unspecified atom stereocenters. The van der Waals surface area contributed by atoms with Gasteiger partial charge in [-0.1, -0.05) is 0 Å². The summed E-state index contributed by atoms with van der Waals surface area (Å²) in [6, 6.07) is -1.41. The summed E-state index contributed by atoms with van der Waals surface area (Å²) in [7, 11) is -4.81. The van der Waals surface area contributed by atoms with E-state index >= 15 is 0 Å². The molecule has 4 fully saturated rings. The SMILES string of the molecule is O=C(NOC[C@H]1C[C@@H](N2CCCC2)CN1)C1CCC2CN1C(=O)N2OS(=O)(=O)O. The van der Waals surface area contributed by atoms with Crippen molar-refractivity contribution in [1.29, 1.82) is 0 Å². The maximum atomic E-state index is 12.5. The molecule has 12 nitrogen and oxygen atoms in total. The van der Waals surface area contributed by atoms with Crippen LogP contribution >= 0.6 is 0 Å². The van der Waals surface area contributed by atoms with E-state index in [1.54, 1.807) is 0 Å². The molecule has 2 bridgehead atoms. The second kappa shape index (κ2) is 8.32. The number of piperidine rings is 1. The van der Waals surface area contributed by atoms with Crippen molar-refractivity contribution in [3.63, 3.8) is 0 Å². The lowest BCUT2D eigenvalue weighted by atomic mass is 10.0. The fraction of sp³-hybridized carbons (Fsp3) is 0.875. The number of carbonyl (C=O) groups excluding carboxylic acids is 2. The van der Waals surface area contributed by atoms with E-state index in [0.717, 1.165) is 26.1 Å². The first-order chi connectivity index (χ1) is 13.8. The van der Waals surface area contributed by atoms with Crippen LogP contribution in [0.1, 0.15) is 32.1 Å². The van der Waals surface area contributed by atoms with Gasteiger partial charge in [-0.15, -0.1) is 4.28 Å². The zero-order valence-corrected chi connectivity index (χ0v) is 16.8. The predicted molar refractivity (Wildman–Crippen MR) is 98.5 cm³/mol. The number of fused-ring (bicyclic) bond motifs is 2. The molecule has 0 radical (unpaired) electrons. The minimum atomic E-state index is -4.81. The number of rotatable bonds is 7. The number of hydrogen-bond donors (Lipinski definition) is 3. The van der Waals surface area contributed by atoms with Crippen LogP contribution in [0.15, 0.2) is 0 Å². The van der Waals surface area contributed by atoms with Crippen molar-refractivity contribution in [2.75, 3.05) is 32.8 Å². The lowest BCUT2D eigenvalue weighted by Gasteiger charge is -2.29. The molecule has 4 aliphatic heterocycles. The van der Waals surface area contributed by atoms with Crippen LogP contribution in [-0.2, 0) is 24.3 Å². The molecule has 4 atom stereocenters. The molecular weight excluding hydrogens is 406 g/mol. The van der Waals surface area contributed by atoms with Crippen molar-refractivity contribution >= 4 is 22.3 Å². The summed E-state index contributed by atoms with van der Waals surface area (Å²) in [5, 5.41) is 4.03. The van der Waals surface area contributed by atoms with E-state index < -0.39 is 34.4 Å². The summed E-state index contributed by atoms with van der Waals surface area (Å²) >= 11 is 0. The Bertz CT molecular complexity index is 744. The van der Waals surface area contributed by atoms with Gasteiger partial charge in [-0.3, -0.25) is 19.1 Å². The predicted octanol–water partition coefficient (Wildman–Crippen LogP) is -1.14. The molecular formula is C16H27N5O7S. The number of likely N-dealkylation sites (tertiary alicyclic amines) is 1. The highest BCUT2D eigenvalue weighted by molar-refractivity contribution is 7.80. The molecule has 0 aromatic carbocycles. The molecule has 4 rings (SSSR count). The van der Waals surface area contributed by atoms with Gasteiger partial charge in [-0.2, -0.15) is 13.5 Å². The molecule has 0 spiro atoms. The molecule has 3 N–H and O–H groups in total. The van der Waals surface area contributed by atoms with Crippen molar-refractivity contribution in [2.24, 2.45) is 0 Å². The zero-order valence-electron chi connectivity index (χ0n) is 16.0. The van der Waals surface area contributed by atoms with Gasteiger partial charge >= 0.3 is 16.4 Å². The molecule has 4 aliphatic rings.